The van der Waals surface area contributed by atoms with Gasteiger partial charge in [-0.15, -0.1) is 0 Å². The van der Waals surface area contributed by atoms with Crippen LogP contribution >= 0.6 is 0 Å². The van der Waals surface area contributed by atoms with Crippen LogP contribution in [0, 0.1) is 27.2 Å². The van der Waals surface area contributed by atoms with Gasteiger partial charge in [-0.1, -0.05) is 12.1 Å². The summed E-state index contributed by atoms with van der Waals surface area (Å²) in [5.74, 6) is -1.75. The van der Waals surface area contributed by atoms with Crippen molar-refractivity contribution in [1.82, 2.24) is 0 Å². The normalized spacial score (nSPS) is 10.1. The van der Waals surface area contributed by atoms with Crippen molar-refractivity contribution < 1.29 is 24.2 Å². The first kappa shape index (κ1) is 20.3. The Morgan fingerprint density at radius 3 is 2.43 bits per heavy atom. The van der Waals surface area contributed by atoms with Crippen LogP contribution in [-0.2, 0) is 9.53 Å². The van der Waals surface area contributed by atoms with E-state index < -0.39 is 28.3 Å². The van der Waals surface area contributed by atoms with Gasteiger partial charge in [-0.3, -0.25) is 25.0 Å². The minimum atomic E-state index is -0.956. The molecule has 0 heterocycles. The minimum Gasteiger partial charge on any atom is -0.452 e. The Kier molecular flexibility index (Phi) is 6.22. The Morgan fingerprint density at radius 1 is 1.11 bits per heavy atom. The van der Waals surface area contributed by atoms with E-state index in [9.17, 15) is 29.8 Å². The molecule has 0 unspecified atom stereocenters. The van der Waals surface area contributed by atoms with Crippen molar-refractivity contribution in [2.45, 2.75) is 6.92 Å². The highest BCUT2D eigenvalue weighted by Crippen LogP contribution is 2.27. The maximum absolute atomic E-state index is 12.2. The number of hydrogen-bond donors (Lipinski definition) is 2. The molecule has 11 nitrogen and oxygen atoms in total. The molecule has 146 valence electrons. The number of anilines is 2. The molecule has 0 aliphatic rings. The molecule has 0 fully saturated rings. The van der Waals surface area contributed by atoms with Gasteiger partial charge in [0.1, 0.15) is 5.69 Å². The number of carbonyl (C=O) groups is 2. The summed E-state index contributed by atoms with van der Waals surface area (Å²) in [5, 5.41) is 27.0. The van der Waals surface area contributed by atoms with Gasteiger partial charge in [-0.2, -0.15) is 0 Å². The molecule has 0 aromatic heterocycles. The van der Waals surface area contributed by atoms with Gasteiger partial charge >= 0.3 is 5.97 Å². The number of non-ortho nitro benzene ring substituents is 1. The molecule has 0 radical (unpaired) electrons. The molecule has 2 rings (SSSR count). The Bertz CT molecular complexity index is 959. The second-order valence-corrected chi connectivity index (χ2v) is 5.59. The summed E-state index contributed by atoms with van der Waals surface area (Å²) in [6.07, 6.45) is 0. The van der Waals surface area contributed by atoms with Crippen LogP contribution < -0.4 is 10.6 Å². The van der Waals surface area contributed by atoms with Gasteiger partial charge in [-0.05, 0) is 18.6 Å². The van der Waals surface area contributed by atoms with E-state index in [0.717, 1.165) is 6.07 Å². The SMILES string of the molecule is CNc1ccc([N+](=O)[O-])cc1C(=O)OCC(=O)Nc1c(C)cccc1[N+](=O)[O-]. The zero-order chi connectivity index (χ0) is 20.8. The van der Waals surface area contributed by atoms with Crippen LogP contribution in [0.5, 0.6) is 0 Å². The number of nitro benzene ring substituents is 2. The summed E-state index contributed by atoms with van der Waals surface area (Å²) < 4.78 is 4.90. The Labute approximate surface area is 158 Å². The molecule has 0 bridgehead atoms. The van der Waals surface area contributed by atoms with E-state index in [4.69, 9.17) is 4.74 Å². The summed E-state index contributed by atoms with van der Waals surface area (Å²) in [4.78, 5) is 44.9. The van der Waals surface area contributed by atoms with Crippen LogP contribution in [-0.4, -0.2) is 35.4 Å². The van der Waals surface area contributed by atoms with E-state index in [1.54, 1.807) is 13.0 Å². The Hall–Kier alpha value is -4.02. The maximum atomic E-state index is 12.2. The molecular formula is C17H16N4O7. The summed E-state index contributed by atoms with van der Waals surface area (Å²) in [6.45, 7) is 0.854. The number of benzene rings is 2. The second-order valence-electron chi connectivity index (χ2n) is 5.59. The first-order chi connectivity index (χ1) is 13.2. The van der Waals surface area contributed by atoms with Gasteiger partial charge in [0, 0.05) is 30.9 Å². The summed E-state index contributed by atoms with van der Waals surface area (Å²) in [7, 11) is 1.52. The zero-order valence-electron chi connectivity index (χ0n) is 14.9. The fourth-order valence-corrected chi connectivity index (χ4v) is 2.38. The average Bonchev–Trinajstić information content (AvgIpc) is 2.66. The molecule has 11 heteroatoms. The third kappa shape index (κ3) is 4.58. The Balaban J connectivity index is 2.12. The molecule has 28 heavy (non-hydrogen) atoms. The highest BCUT2D eigenvalue weighted by Gasteiger charge is 2.21. The predicted octanol–water partition coefficient (Wildman–Crippen LogP) is 2.65. The standard InChI is InChI=1S/C17H16N4O7/c1-10-4-3-5-14(21(26)27)16(10)19-15(22)9-28-17(23)12-8-11(20(24)25)6-7-13(12)18-2/h3-8,18H,9H2,1-2H3,(H,19,22). The molecule has 2 aromatic rings. The van der Waals surface area contributed by atoms with Crippen LogP contribution in [0.15, 0.2) is 36.4 Å². The van der Waals surface area contributed by atoms with Crippen LogP contribution in [0.3, 0.4) is 0 Å². The molecule has 0 aliphatic heterocycles. The van der Waals surface area contributed by atoms with Gasteiger partial charge in [0.2, 0.25) is 0 Å². The van der Waals surface area contributed by atoms with Crippen molar-refractivity contribution in [3.63, 3.8) is 0 Å². The lowest BCUT2D eigenvalue weighted by atomic mass is 10.1. The van der Waals surface area contributed by atoms with Gasteiger partial charge in [-0.25, -0.2) is 4.79 Å². The number of nitrogens with zero attached hydrogens (tertiary/aromatic N) is 2. The monoisotopic (exact) mass is 388 g/mol. The lowest BCUT2D eigenvalue weighted by molar-refractivity contribution is -0.384. The smallest absolute Gasteiger partial charge is 0.341 e. The number of aryl methyl sites for hydroxylation is 1. The number of nitrogens with one attached hydrogen (secondary N) is 2. The number of nitro groups is 2. The van der Waals surface area contributed by atoms with Gasteiger partial charge < -0.3 is 15.4 Å². The van der Waals surface area contributed by atoms with Crippen molar-refractivity contribution in [2.24, 2.45) is 0 Å². The fourth-order valence-electron chi connectivity index (χ4n) is 2.38. The van der Waals surface area contributed by atoms with Crippen molar-refractivity contribution >= 4 is 34.6 Å². The van der Waals surface area contributed by atoms with Crippen LogP contribution in [0.2, 0.25) is 0 Å². The van der Waals surface area contributed by atoms with Crippen LogP contribution in [0.4, 0.5) is 22.7 Å². The number of carbonyl (C=O) groups excluding carboxylic acids is 2. The van der Waals surface area contributed by atoms with Crippen molar-refractivity contribution in [3.8, 4) is 0 Å². The summed E-state index contributed by atoms with van der Waals surface area (Å²) in [5.41, 5.74) is 0.0172. The molecule has 1 amide bonds. The van der Waals surface area contributed by atoms with Crippen molar-refractivity contribution in [1.29, 1.82) is 0 Å². The van der Waals surface area contributed by atoms with Crippen LogP contribution in [0.25, 0.3) is 0 Å². The molecule has 0 saturated heterocycles. The van der Waals surface area contributed by atoms with E-state index in [0.29, 0.717) is 5.56 Å². The molecule has 2 N–H and O–H groups in total. The topological polar surface area (TPSA) is 154 Å². The van der Waals surface area contributed by atoms with E-state index in [2.05, 4.69) is 10.6 Å². The molecule has 0 saturated carbocycles. The number of hydrogen-bond acceptors (Lipinski definition) is 8. The summed E-state index contributed by atoms with van der Waals surface area (Å²) in [6, 6.07) is 7.87. The largest absolute Gasteiger partial charge is 0.452 e. The molecule has 0 spiro atoms. The minimum absolute atomic E-state index is 0.000174. The number of para-hydroxylation sites is 1. The Morgan fingerprint density at radius 2 is 1.82 bits per heavy atom. The molecule has 0 aliphatic carbocycles. The lowest BCUT2D eigenvalue weighted by Crippen LogP contribution is -2.22. The highest BCUT2D eigenvalue weighted by atomic mass is 16.6. The first-order valence-electron chi connectivity index (χ1n) is 7.91. The number of rotatable bonds is 7. The number of ether oxygens (including phenoxy) is 1. The lowest BCUT2D eigenvalue weighted by Gasteiger charge is -2.11. The third-order valence-corrected chi connectivity index (χ3v) is 3.75. The fraction of sp³-hybridized carbons (Fsp3) is 0.176. The van der Waals surface area contributed by atoms with E-state index in [1.807, 2.05) is 0 Å². The van der Waals surface area contributed by atoms with Crippen molar-refractivity contribution in [3.05, 3.63) is 67.8 Å². The number of esters is 1. The summed E-state index contributed by atoms with van der Waals surface area (Å²) >= 11 is 0. The molecule has 2 aromatic carbocycles. The van der Waals surface area contributed by atoms with E-state index >= 15 is 0 Å². The quantitative estimate of drug-likeness (QED) is 0.417. The van der Waals surface area contributed by atoms with Crippen molar-refractivity contribution in [2.75, 3.05) is 24.3 Å². The van der Waals surface area contributed by atoms with E-state index in [-0.39, 0.29) is 28.3 Å². The number of amides is 1. The third-order valence-electron chi connectivity index (χ3n) is 3.75. The zero-order valence-corrected chi connectivity index (χ0v) is 14.9. The van der Waals surface area contributed by atoms with Gasteiger partial charge in [0.15, 0.2) is 6.61 Å². The first-order valence-corrected chi connectivity index (χ1v) is 7.91. The highest BCUT2D eigenvalue weighted by molar-refractivity contribution is 6.00. The average molecular weight is 388 g/mol. The predicted molar refractivity (Wildman–Crippen MR) is 99.4 cm³/mol. The molecule has 0 atom stereocenters. The maximum Gasteiger partial charge on any atom is 0.341 e. The molecular weight excluding hydrogens is 372 g/mol. The van der Waals surface area contributed by atoms with Crippen LogP contribution in [0.1, 0.15) is 15.9 Å². The van der Waals surface area contributed by atoms with Gasteiger partial charge in [0.05, 0.1) is 15.4 Å². The van der Waals surface area contributed by atoms with Gasteiger partial charge in [0.25, 0.3) is 17.3 Å². The van der Waals surface area contributed by atoms with E-state index in [1.165, 1.54) is 31.3 Å². The second kappa shape index (κ2) is 8.58.